The Morgan fingerprint density at radius 3 is 2.67 bits per heavy atom. The summed E-state index contributed by atoms with van der Waals surface area (Å²) in [6, 6.07) is 10.2. The molecule has 0 spiro atoms. The number of pyridine rings is 3. The maximum absolute atomic E-state index is 14.6. The molecule has 218 valence electrons. The fraction of sp³-hybridized carbons (Fsp3) is 0.226. The number of likely N-dealkylation sites (N-methyl/N-ethyl adjacent to an activating group) is 1. The summed E-state index contributed by atoms with van der Waals surface area (Å²) >= 11 is 0. The standard InChI is InChI=1S/C31H30FN9O2/c1-17(2)31(42)36-22-10-19(14-33-16-22)20-12-25-27(39-40-28(25)35-15-20)30-37-26-24(5-6-34-29(26)38-30)18-9-21(32)13-23(11-18)43-8-7-41(3)4/h5-6,9-17H,7-8H2,1-4H3,(H,36,42)(H,34,37,38)(H,35,39,40). The predicted octanol–water partition coefficient (Wildman–Crippen LogP) is 5.30. The van der Waals surface area contributed by atoms with Crippen molar-refractivity contribution in [3.8, 4) is 39.5 Å². The Hall–Kier alpha value is -5.23. The number of aromatic amines is 2. The molecule has 6 rings (SSSR count). The highest BCUT2D eigenvalue weighted by Crippen LogP contribution is 2.33. The van der Waals surface area contributed by atoms with Crippen molar-refractivity contribution in [3.63, 3.8) is 0 Å². The average Bonchev–Trinajstić information content (AvgIpc) is 3.60. The second-order valence-electron chi connectivity index (χ2n) is 10.8. The molecule has 1 amide bonds. The molecule has 0 bridgehead atoms. The van der Waals surface area contributed by atoms with E-state index in [1.807, 2.05) is 57.1 Å². The lowest BCUT2D eigenvalue weighted by atomic mass is 10.1. The Morgan fingerprint density at radius 2 is 1.86 bits per heavy atom. The number of hydrogen-bond acceptors (Lipinski definition) is 8. The van der Waals surface area contributed by atoms with Crippen molar-refractivity contribution < 1.29 is 13.9 Å². The molecule has 5 heterocycles. The number of nitrogens with one attached hydrogen (secondary N) is 3. The highest BCUT2D eigenvalue weighted by Gasteiger charge is 2.18. The third-order valence-electron chi connectivity index (χ3n) is 6.89. The van der Waals surface area contributed by atoms with Gasteiger partial charge in [0.15, 0.2) is 17.1 Å². The van der Waals surface area contributed by atoms with Crippen LogP contribution in [-0.2, 0) is 4.79 Å². The molecule has 6 aromatic rings. The van der Waals surface area contributed by atoms with Crippen molar-refractivity contribution in [2.75, 3.05) is 32.6 Å². The van der Waals surface area contributed by atoms with Crippen LogP contribution >= 0.6 is 0 Å². The van der Waals surface area contributed by atoms with Crippen molar-refractivity contribution >= 4 is 33.8 Å². The van der Waals surface area contributed by atoms with E-state index in [0.717, 1.165) is 22.1 Å². The van der Waals surface area contributed by atoms with Gasteiger partial charge in [-0.15, -0.1) is 0 Å². The second-order valence-corrected chi connectivity index (χ2v) is 10.8. The number of amides is 1. The number of nitrogens with zero attached hydrogens (tertiary/aromatic N) is 6. The highest BCUT2D eigenvalue weighted by molar-refractivity contribution is 5.96. The zero-order valence-electron chi connectivity index (χ0n) is 24.1. The van der Waals surface area contributed by atoms with Crippen molar-refractivity contribution in [3.05, 3.63) is 67.0 Å². The van der Waals surface area contributed by atoms with E-state index in [0.29, 0.717) is 58.5 Å². The minimum Gasteiger partial charge on any atom is -0.492 e. The lowest BCUT2D eigenvalue weighted by Gasteiger charge is -2.12. The monoisotopic (exact) mass is 579 g/mol. The fourth-order valence-corrected chi connectivity index (χ4v) is 4.61. The smallest absolute Gasteiger partial charge is 0.226 e. The number of benzene rings is 1. The molecular formula is C31H30FN9O2. The van der Waals surface area contributed by atoms with Crippen molar-refractivity contribution in [1.29, 1.82) is 0 Å². The molecule has 0 saturated heterocycles. The van der Waals surface area contributed by atoms with Gasteiger partial charge >= 0.3 is 0 Å². The maximum Gasteiger partial charge on any atom is 0.226 e. The van der Waals surface area contributed by atoms with Crippen LogP contribution in [0.25, 0.3) is 56.0 Å². The molecule has 0 aliphatic carbocycles. The van der Waals surface area contributed by atoms with E-state index in [9.17, 15) is 9.18 Å². The quantitative estimate of drug-likeness (QED) is 0.210. The molecule has 0 radical (unpaired) electrons. The first-order chi connectivity index (χ1) is 20.7. The Kier molecular flexibility index (Phi) is 7.51. The van der Waals surface area contributed by atoms with E-state index in [-0.39, 0.29) is 11.8 Å². The van der Waals surface area contributed by atoms with Gasteiger partial charge in [0, 0.05) is 53.8 Å². The Balaban J connectivity index is 1.36. The molecule has 43 heavy (non-hydrogen) atoms. The number of H-pyrrole nitrogens is 2. The molecule has 0 atom stereocenters. The molecule has 0 unspecified atom stereocenters. The van der Waals surface area contributed by atoms with Gasteiger partial charge in [-0.25, -0.2) is 19.3 Å². The van der Waals surface area contributed by atoms with Gasteiger partial charge in [-0.05, 0) is 50.0 Å². The second kappa shape index (κ2) is 11.6. The number of carbonyl (C=O) groups excluding carboxylic acids is 1. The average molecular weight is 580 g/mol. The normalized spacial score (nSPS) is 11.6. The van der Waals surface area contributed by atoms with Crippen LogP contribution < -0.4 is 10.1 Å². The Labute approximate surface area is 246 Å². The fourth-order valence-electron chi connectivity index (χ4n) is 4.61. The number of hydrogen-bond donors (Lipinski definition) is 3. The minimum absolute atomic E-state index is 0.0890. The van der Waals surface area contributed by atoms with Crippen molar-refractivity contribution in [1.82, 2.24) is 40.0 Å². The van der Waals surface area contributed by atoms with E-state index in [2.05, 4.69) is 35.5 Å². The molecule has 5 aromatic heterocycles. The molecule has 0 aliphatic heterocycles. The van der Waals surface area contributed by atoms with Gasteiger partial charge in [0.25, 0.3) is 0 Å². The van der Waals surface area contributed by atoms with Gasteiger partial charge in [0.2, 0.25) is 5.91 Å². The minimum atomic E-state index is -0.400. The third-order valence-corrected chi connectivity index (χ3v) is 6.89. The number of carbonyl (C=O) groups is 1. The number of anilines is 1. The molecule has 0 fully saturated rings. The summed E-state index contributed by atoms with van der Waals surface area (Å²) in [5.74, 6) is 0.308. The summed E-state index contributed by atoms with van der Waals surface area (Å²) in [7, 11) is 3.90. The van der Waals surface area contributed by atoms with Crippen LogP contribution in [0.4, 0.5) is 10.1 Å². The molecule has 1 aromatic carbocycles. The van der Waals surface area contributed by atoms with Gasteiger partial charge in [-0.2, -0.15) is 5.10 Å². The lowest BCUT2D eigenvalue weighted by molar-refractivity contribution is -0.118. The number of halogens is 1. The SMILES string of the molecule is CC(C)C(=O)Nc1cncc(-c2cnc3n[nH]c(-c4nc5nccc(-c6cc(F)cc(OCCN(C)C)c6)c5[nH]4)c3c2)c1. The van der Waals surface area contributed by atoms with E-state index < -0.39 is 5.82 Å². The zero-order valence-corrected chi connectivity index (χ0v) is 24.1. The number of aromatic nitrogens is 7. The summed E-state index contributed by atoms with van der Waals surface area (Å²) in [5.41, 5.74) is 5.79. The van der Waals surface area contributed by atoms with Crippen LogP contribution in [0.1, 0.15) is 13.8 Å². The number of imidazole rings is 1. The van der Waals surface area contributed by atoms with E-state index in [1.54, 1.807) is 24.8 Å². The summed E-state index contributed by atoms with van der Waals surface area (Å²) < 4.78 is 20.4. The Morgan fingerprint density at radius 1 is 1.02 bits per heavy atom. The highest BCUT2D eigenvalue weighted by atomic mass is 19.1. The van der Waals surface area contributed by atoms with E-state index in [4.69, 9.17) is 9.72 Å². The Bertz CT molecular complexity index is 1950. The van der Waals surface area contributed by atoms with Crippen LogP contribution in [0.15, 0.2) is 61.2 Å². The first-order valence-corrected chi connectivity index (χ1v) is 13.8. The van der Waals surface area contributed by atoms with Crippen LogP contribution in [0.5, 0.6) is 5.75 Å². The topological polar surface area (TPSA) is 138 Å². The van der Waals surface area contributed by atoms with E-state index in [1.165, 1.54) is 12.1 Å². The first-order valence-electron chi connectivity index (χ1n) is 13.8. The number of fused-ring (bicyclic) bond motifs is 2. The first kappa shape index (κ1) is 27.9. The molecule has 3 N–H and O–H groups in total. The predicted molar refractivity (Wildman–Crippen MR) is 163 cm³/mol. The van der Waals surface area contributed by atoms with E-state index >= 15 is 0 Å². The van der Waals surface area contributed by atoms with Crippen LogP contribution in [0, 0.1) is 11.7 Å². The molecule has 0 aliphatic rings. The van der Waals surface area contributed by atoms with Crippen molar-refractivity contribution in [2.45, 2.75) is 13.8 Å². The van der Waals surface area contributed by atoms with Crippen LogP contribution in [0.3, 0.4) is 0 Å². The largest absolute Gasteiger partial charge is 0.492 e. The van der Waals surface area contributed by atoms with Gasteiger partial charge in [-0.3, -0.25) is 14.9 Å². The summed E-state index contributed by atoms with van der Waals surface area (Å²) in [5, 5.41) is 11.0. The molecular weight excluding hydrogens is 549 g/mol. The van der Waals surface area contributed by atoms with Crippen LogP contribution in [0.2, 0.25) is 0 Å². The summed E-state index contributed by atoms with van der Waals surface area (Å²) in [6.45, 7) is 4.81. The summed E-state index contributed by atoms with van der Waals surface area (Å²) in [4.78, 5) is 35.5. The number of rotatable bonds is 9. The maximum atomic E-state index is 14.6. The molecule has 11 nitrogen and oxygen atoms in total. The zero-order chi connectivity index (χ0) is 30.1. The molecule has 12 heteroatoms. The van der Waals surface area contributed by atoms with Gasteiger partial charge < -0.3 is 19.9 Å². The van der Waals surface area contributed by atoms with Crippen molar-refractivity contribution in [2.24, 2.45) is 5.92 Å². The van der Waals surface area contributed by atoms with Crippen LogP contribution in [-0.4, -0.2) is 73.2 Å². The van der Waals surface area contributed by atoms with Gasteiger partial charge in [0.05, 0.1) is 22.8 Å². The third kappa shape index (κ3) is 5.90. The molecule has 0 saturated carbocycles. The van der Waals surface area contributed by atoms with Gasteiger partial charge in [-0.1, -0.05) is 13.8 Å². The van der Waals surface area contributed by atoms with Gasteiger partial charge in [0.1, 0.15) is 23.9 Å². The number of ether oxygens (including phenoxy) is 1. The summed E-state index contributed by atoms with van der Waals surface area (Å²) in [6.07, 6.45) is 6.67. The lowest BCUT2D eigenvalue weighted by Crippen LogP contribution is -2.19.